The minimum Gasteiger partial charge on any atom is -0.481 e. The van der Waals surface area contributed by atoms with Gasteiger partial charge in [0.15, 0.2) is 0 Å². The molecule has 0 amide bonds. The molecular formula is C15H12ClN3O5. The molecule has 1 aromatic heterocycles. The molecule has 1 aromatic carbocycles. The summed E-state index contributed by atoms with van der Waals surface area (Å²) in [5.74, 6) is -0.939. The number of aliphatic carboxylic acids is 1. The van der Waals surface area contributed by atoms with Crippen molar-refractivity contribution in [2.24, 2.45) is 0 Å². The summed E-state index contributed by atoms with van der Waals surface area (Å²) in [5.41, 5.74) is 0.0999. The quantitative estimate of drug-likeness (QED) is 0.630. The molecule has 124 valence electrons. The van der Waals surface area contributed by atoms with Gasteiger partial charge in [-0.1, -0.05) is 11.6 Å². The number of non-ortho nitro benzene ring substituents is 1. The van der Waals surface area contributed by atoms with E-state index in [-0.39, 0.29) is 17.1 Å². The molecule has 2 N–H and O–H groups in total. The number of aromatic amines is 1. The number of carbonyl (C=O) groups is 1. The molecule has 24 heavy (non-hydrogen) atoms. The lowest BCUT2D eigenvalue weighted by molar-refractivity contribution is -0.384. The highest BCUT2D eigenvalue weighted by Gasteiger charge is 2.11. The lowest BCUT2D eigenvalue weighted by Crippen LogP contribution is -2.20. The Morgan fingerprint density at radius 1 is 1.46 bits per heavy atom. The van der Waals surface area contributed by atoms with Gasteiger partial charge in [-0.2, -0.15) is 0 Å². The second-order valence-corrected chi connectivity index (χ2v) is 5.29. The molecule has 0 aliphatic carbocycles. The largest absolute Gasteiger partial charge is 0.481 e. The van der Waals surface area contributed by atoms with Gasteiger partial charge in [0.25, 0.3) is 11.2 Å². The summed E-state index contributed by atoms with van der Waals surface area (Å²) in [7, 11) is 0. The van der Waals surface area contributed by atoms with Gasteiger partial charge >= 0.3 is 5.97 Å². The number of nitrogens with one attached hydrogen (secondary N) is 1. The molecule has 0 fully saturated rings. The third kappa shape index (κ3) is 4.05. The number of benzene rings is 1. The summed E-state index contributed by atoms with van der Waals surface area (Å²) in [6.45, 7) is 1.53. The number of H-pyrrole nitrogens is 1. The summed E-state index contributed by atoms with van der Waals surface area (Å²) in [5, 5.41) is 19.9. The second kappa shape index (κ2) is 7.05. The Morgan fingerprint density at radius 2 is 2.17 bits per heavy atom. The molecule has 0 bridgehead atoms. The Labute approximate surface area is 140 Å². The van der Waals surface area contributed by atoms with Crippen molar-refractivity contribution in [1.29, 1.82) is 0 Å². The molecule has 0 aliphatic rings. The highest BCUT2D eigenvalue weighted by atomic mass is 35.5. The predicted octanol–water partition coefficient (Wildman–Crippen LogP) is 2.44. The Bertz CT molecular complexity index is 904. The fourth-order valence-corrected chi connectivity index (χ4v) is 2.19. The van der Waals surface area contributed by atoms with Gasteiger partial charge in [-0.05, 0) is 30.7 Å². The van der Waals surface area contributed by atoms with Crippen LogP contribution >= 0.6 is 11.6 Å². The van der Waals surface area contributed by atoms with Gasteiger partial charge in [0, 0.05) is 28.4 Å². The molecular weight excluding hydrogens is 338 g/mol. The Kier molecular flexibility index (Phi) is 5.10. The first-order valence-electron chi connectivity index (χ1n) is 6.71. The normalized spacial score (nSPS) is 10.9. The van der Waals surface area contributed by atoms with Gasteiger partial charge in [0.05, 0.1) is 11.3 Å². The number of rotatable bonds is 5. The van der Waals surface area contributed by atoms with Crippen molar-refractivity contribution in [3.05, 3.63) is 66.3 Å². The summed E-state index contributed by atoms with van der Waals surface area (Å²) in [6, 6.07) is 3.98. The van der Waals surface area contributed by atoms with Crippen molar-refractivity contribution < 1.29 is 14.8 Å². The average molecular weight is 350 g/mol. The van der Waals surface area contributed by atoms with Crippen LogP contribution in [0.25, 0.3) is 12.2 Å². The minimum absolute atomic E-state index is 0.0769. The highest BCUT2D eigenvalue weighted by molar-refractivity contribution is 6.32. The van der Waals surface area contributed by atoms with Crippen molar-refractivity contribution >= 4 is 35.4 Å². The van der Waals surface area contributed by atoms with Crippen LogP contribution in [0.1, 0.15) is 22.6 Å². The first-order chi connectivity index (χ1) is 11.3. The number of nitrogens with zero attached hydrogens (tertiary/aromatic N) is 2. The number of nitro benzene ring substituents is 1. The summed E-state index contributed by atoms with van der Waals surface area (Å²) < 4.78 is 0. The lowest BCUT2D eigenvalue weighted by atomic mass is 10.1. The summed E-state index contributed by atoms with van der Waals surface area (Å²) in [4.78, 5) is 39.4. The number of nitro groups is 1. The van der Waals surface area contributed by atoms with E-state index in [4.69, 9.17) is 16.7 Å². The summed E-state index contributed by atoms with van der Waals surface area (Å²) >= 11 is 5.98. The Balaban J connectivity index is 2.36. The maximum absolute atomic E-state index is 11.9. The average Bonchev–Trinajstić information content (AvgIpc) is 2.49. The first-order valence-corrected chi connectivity index (χ1v) is 7.09. The fraction of sp³-hybridized carbons (Fsp3) is 0.133. The van der Waals surface area contributed by atoms with Crippen molar-refractivity contribution in [2.75, 3.05) is 0 Å². The molecule has 0 unspecified atom stereocenters. The molecule has 1 heterocycles. The van der Waals surface area contributed by atoms with Crippen LogP contribution in [0.5, 0.6) is 0 Å². The van der Waals surface area contributed by atoms with Crippen molar-refractivity contribution in [1.82, 2.24) is 9.97 Å². The molecule has 0 saturated carbocycles. The zero-order valence-electron chi connectivity index (χ0n) is 12.4. The van der Waals surface area contributed by atoms with E-state index >= 15 is 0 Å². The molecule has 8 nitrogen and oxygen atoms in total. The van der Waals surface area contributed by atoms with Crippen molar-refractivity contribution in [3.63, 3.8) is 0 Å². The second-order valence-electron chi connectivity index (χ2n) is 4.88. The van der Waals surface area contributed by atoms with E-state index in [2.05, 4.69) is 9.97 Å². The van der Waals surface area contributed by atoms with E-state index < -0.39 is 22.9 Å². The van der Waals surface area contributed by atoms with Gasteiger partial charge in [-0.25, -0.2) is 4.98 Å². The lowest BCUT2D eigenvalue weighted by Gasteiger charge is -2.03. The standard InChI is InChI=1S/C15H12ClN3O5/c1-8-11(7-14(20)21)15(22)18-13(17-8)5-2-9-6-10(19(23)24)3-4-12(9)16/h2-6H,7H2,1H3,(H,20,21)(H,17,18,22)/b5-2+. The van der Waals surface area contributed by atoms with Gasteiger partial charge in [-0.15, -0.1) is 0 Å². The van der Waals surface area contributed by atoms with Crippen LogP contribution in [0, 0.1) is 17.0 Å². The van der Waals surface area contributed by atoms with Crippen LogP contribution in [0.3, 0.4) is 0 Å². The van der Waals surface area contributed by atoms with Crippen LogP contribution in [0.15, 0.2) is 23.0 Å². The summed E-state index contributed by atoms with van der Waals surface area (Å²) in [6.07, 6.45) is 2.49. The van der Waals surface area contributed by atoms with Gasteiger partial charge in [0.1, 0.15) is 5.82 Å². The molecule has 2 rings (SSSR count). The molecule has 9 heteroatoms. The number of carboxylic acid groups (broad SMARTS) is 1. The number of carboxylic acids is 1. The van der Waals surface area contributed by atoms with Crippen molar-refractivity contribution in [3.8, 4) is 0 Å². The number of hydrogen-bond donors (Lipinski definition) is 2. The molecule has 0 atom stereocenters. The highest BCUT2D eigenvalue weighted by Crippen LogP contribution is 2.23. The van der Waals surface area contributed by atoms with Crippen LogP contribution in [-0.4, -0.2) is 26.0 Å². The topological polar surface area (TPSA) is 126 Å². The van der Waals surface area contributed by atoms with E-state index in [1.165, 1.54) is 37.3 Å². The molecule has 0 aliphatic heterocycles. The predicted molar refractivity (Wildman–Crippen MR) is 88.0 cm³/mol. The van der Waals surface area contributed by atoms with Crippen LogP contribution in [-0.2, 0) is 11.2 Å². The first kappa shape index (κ1) is 17.4. The van der Waals surface area contributed by atoms with Crippen LogP contribution < -0.4 is 5.56 Å². The Morgan fingerprint density at radius 3 is 2.75 bits per heavy atom. The van der Waals surface area contributed by atoms with Crippen molar-refractivity contribution in [2.45, 2.75) is 13.3 Å². The maximum atomic E-state index is 11.9. The van der Waals surface area contributed by atoms with Crippen LogP contribution in [0.4, 0.5) is 5.69 Å². The van der Waals surface area contributed by atoms with E-state index in [0.29, 0.717) is 16.3 Å². The van der Waals surface area contributed by atoms with E-state index in [1.807, 2.05) is 0 Å². The molecule has 2 aromatic rings. The zero-order valence-corrected chi connectivity index (χ0v) is 13.2. The Hall–Kier alpha value is -3.00. The van der Waals surface area contributed by atoms with E-state index in [9.17, 15) is 19.7 Å². The smallest absolute Gasteiger partial charge is 0.308 e. The van der Waals surface area contributed by atoms with E-state index in [0.717, 1.165) is 0 Å². The zero-order chi connectivity index (χ0) is 17.9. The number of aryl methyl sites for hydroxylation is 1. The third-order valence-electron chi connectivity index (χ3n) is 3.18. The number of halogens is 1. The monoisotopic (exact) mass is 349 g/mol. The molecule has 0 saturated heterocycles. The molecule has 0 radical (unpaired) electrons. The maximum Gasteiger partial charge on any atom is 0.308 e. The SMILES string of the molecule is Cc1nc(/C=C/c2cc([N+](=O)[O-])ccc2Cl)[nH]c(=O)c1CC(=O)O. The molecule has 0 spiro atoms. The van der Waals surface area contributed by atoms with Gasteiger partial charge in [0.2, 0.25) is 0 Å². The van der Waals surface area contributed by atoms with E-state index in [1.54, 1.807) is 0 Å². The number of aromatic nitrogens is 2. The fourth-order valence-electron chi connectivity index (χ4n) is 2.01. The minimum atomic E-state index is -1.13. The third-order valence-corrected chi connectivity index (χ3v) is 3.52. The van der Waals surface area contributed by atoms with Gasteiger partial charge in [-0.3, -0.25) is 19.7 Å². The number of hydrogen-bond acceptors (Lipinski definition) is 5. The van der Waals surface area contributed by atoms with Crippen LogP contribution in [0.2, 0.25) is 5.02 Å². The van der Waals surface area contributed by atoms with Gasteiger partial charge < -0.3 is 10.1 Å².